The van der Waals surface area contributed by atoms with E-state index in [1.54, 1.807) is 0 Å². The van der Waals surface area contributed by atoms with Crippen LogP contribution in [0.15, 0.2) is 72.9 Å². The number of carbonyl (C=O) groups excluding carboxylic acids is 3. The zero-order valence-corrected chi connectivity index (χ0v) is 48.4. The quantitative estimate of drug-likeness (QED) is 0.0261. The van der Waals surface area contributed by atoms with Crippen molar-refractivity contribution >= 4 is 17.9 Å². The second kappa shape index (κ2) is 61.4. The minimum Gasteiger partial charge on any atom is -0.462 e. The highest BCUT2D eigenvalue weighted by Crippen LogP contribution is 2.17. The van der Waals surface area contributed by atoms with E-state index >= 15 is 0 Å². The average molecular weight is 1020 g/mol. The molecule has 0 aliphatic heterocycles. The van der Waals surface area contributed by atoms with E-state index in [1.165, 1.54) is 193 Å². The zero-order chi connectivity index (χ0) is 52.9. The molecule has 0 radical (unpaired) electrons. The lowest BCUT2D eigenvalue weighted by molar-refractivity contribution is -0.166. The molecule has 0 heterocycles. The number of esters is 3. The van der Waals surface area contributed by atoms with Gasteiger partial charge in [0.25, 0.3) is 0 Å². The van der Waals surface area contributed by atoms with Crippen molar-refractivity contribution in [2.75, 3.05) is 13.2 Å². The molecule has 0 amide bonds. The molecule has 0 aromatic heterocycles. The smallest absolute Gasteiger partial charge is 0.306 e. The molecule has 0 fully saturated rings. The third-order valence-corrected chi connectivity index (χ3v) is 13.7. The Hall–Kier alpha value is -3.15. The molecule has 0 saturated heterocycles. The van der Waals surface area contributed by atoms with Gasteiger partial charge in [-0.3, -0.25) is 14.4 Å². The molecule has 0 spiro atoms. The molecule has 0 saturated carbocycles. The van der Waals surface area contributed by atoms with Crippen molar-refractivity contribution in [1.82, 2.24) is 0 Å². The molecular formula is C67H118O6. The van der Waals surface area contributed by atoms with E-state index in [2.05, 4.69) is 87.6 Å². The fourth-order valence-electron chi connectivity index (χ4n) is 9.06. The van der Waals surface area contributed by atoms with Gasteiger partial charge in [-0.1, -0.05) is 312 Å². The van der Waals surface area contributed by atoms with Crippen LogP contribution in [0.2, 0.25) is 0 Å². The molecule has 6 heteroatoms. The number of hydrogen-bond acceptors (Lipinski definition) is 6. The second-order valence-electron chi connectivity index (χ2n) is 21.0. The van der Waals surface area contributed by atoms with Crippen LogP contribution in [0.4, 0.5) is 0 Å². The number of rotatable bonds is 57. The number of allylic oxidation sites excluding steroid dienone is 12. The van der Waals surface area contributed by atoms with Gasteiger partial charge in [0.15, 0.2) is 6.10 Å². The molecule has 73 heavy (non-hydrogen) atoms. The van der Waals surface area contributed by atoms with Gasteiger partial charge in [-0.2, -0.15) is 0 Å². The van der Waals surface area contributed by atoms with Crippen LogP contribution in [0, 0.1) is 0 Å². The predicted octanol–water partition coefficient (Wildman–Crippen LogP) is 21.3. The summed E-state index contributed by atoms with van der Waals surface area (Å²) in [5.74, 6) is -0.971. The lowest BCUT2D eigenvalue weighted by atomic mass is 10.0. The topological polar surface area (TPSA) is 78.9 Å². The first kappa shape index (κ1) is 69.8. The summed E-state index contributed by atoms with van der Waals surface area (Å²) in [5.41, 5.74) is 0. The molecular weight excluding hydrogens is 901 g/mol. The summed E-state index contributed by atoms with van der Waals surface area (Å²) in [5, 5.41) is 0. The van der Waals surface area contributed by atoms with Crippen LogP contribution in [0.5, 0.6) is 0 Å². The van der Waals surface area contributed by atoms with Crippen molar-refractivity contribution in [3.8, 4) is 0 Å². The molecule has 0 rings (SSSR count). The van der Waals surface area contributed by atoms with E-state index in [-0.39, 0.29) is 37.5 Å². The van der Waals surface area contributed by atoms with Gasteiger partial charge in [-0.05, 0) is 57.8 Å². The highest BCUT2D eigenvalue weighted by Gasteiger charge is 2.19. The molecule has 1 unspecified atom stereocenters. The molecule has 422 valence electrons. The zero-order valence-electron chi connectivity index (χ0n) is 48.4. The fraction of sp³-hybridized carbons (Fsp3) is 0.776. The fourth-order valence-corrected chi connectivity index (χ4v) is 9.06. The van der Waals surface area contributed by atoms with E-state index in [1.807, 2.05) is 6.08 Å². The molecule has 1 atom stereocenters. The Bertz CT molecular complexity index is 1360. The van der Waals surface area contributed by atoms with Gasteiger partial charge in [0.2, 0.25) is 0 Å². The number of unbranched alkanes of at least 4 members (excludes halogenated alkanes) is 34. The third kappa shape index (κ3) is 59.6. The summed E-state index contributed by atoms with van der Waals surface area (Å²) in [4.78, 5) is 38.2. The van der Waals surface area contributed by atoms with E-state index in [0.717, 1.165) is 77.0 Å². The van der Waals surface area contributed by atoms with Gasteiger partial charge < -0.3 is 14.2 Å². The molecule has 0 aromatic carbocycles. The van der Waals surface area contributed by atoms with Gasteiger partial charge in [0.1, 0.15) is 13.2 Å². The van der Waals surface area contributed by atoms with E-state index < -0.39 is 6.10 Å². The monoisotopic (exact) mass is 1020 g/mol. The van der Waals surface area contributed by atoms with E-state index in [9.17, 15) is 14.4 Å². The maximum Gasteiger partial charge on any atom is 0.306 e. The van der Waals surface area contributed by atoms with Gasteiger partial charge >= 0.3 is 17.9 Å². The van der Waals surface area contributed by atoms with Crippen molar-refractivity contribution in [2.24, 2.45) is 0 Å². The molecule has 0 aromatic rings. The summed E-state index contributed by atoms with van der Waals surface area (Å²) in [6, 6.07) is 0. The summed E-state index contributed by atoms with van der Waals surface area (Å²) < 4.78 is 16.8. The van der Waals surface area contributed by atoms with Crippen molar-refractivity contribution in [3.05, 3.63) is 72.9 Å². The standard InChI is InChI=1S/C67H118O6/c1-4-7-10-13-16-19-22-25-27-29-31-32-33-34-35-37-38-40-42-45-48-51-54-57-60-66(69)72-63-64(62-71-65(68)59-56-53-50-47-44-24-21-18-15-12-9-6-3)73-67(70)61-58-55-52-49-46-43-41-39-36-30-28-26-23-20-17-14-11-8-5-2/h8,11,17,20,26,28,36,39,43,46,52,55,64H,4-7,9-10,12-16,18-19,21-25,27,29-35,37-38,40-42,44-45,47-51,53-54,56-63H2,1-3H3/b11-8-,20-17-,28-26-,39-36-,46-43-,55-52-. The molecule has 0 bridgehead atoms. The van der Waals surface area contributed by atoms with Gasteiger partial charge in [0.05, 0.1) is 0 Å². The summed E-state index contributed by atoms with van der Waals surface area (Å²) in [6.45, 7) is 6.50. The minimum absolute atomic E-state index is 0.101. The molecule has 6 nitrogen and oxygen atoms in total. The average Bonchev–Trinajstić information content (AvgIpc) is 3.39. The lowest BCUT2D eigenvalue weighted by Crippen LogP contribution is -2.30. The first-order valence-electron chi connectivity index (χ1n) is 31.4. The predicted molar refractivity (Wildman–Crippen MR) is 316 cm³/mol. The maximum atomic E-state index is 12.8. The Labute approximate surface area is 453 Å². The molecule has 0 aliphatic rings. The SMILES string of the molecule is CC/C=C\C/C=C\C/C=C\C/C=C\C/C=C\C/C=C\CCC(=O)OC(COC(=O)CCCCCCCCCCCCCC)COC(=O)CCCCCCCCCCCCCCCCCCCCCCCCCC. The van der Waals surface area contributed by atoms with Crippen molar-refractivity contribution < 1.29 is 28.6 Å². The highest BCUT2D eigenvalue weighted by molar-refractivity contribution is 5.71. The number of hydrogen-bond donors (Lipinski definition) is 0. The summed E-state index contributed by atoms with van der Waals surface area (Å²) in [7, 11) is 0. The van der Waals surface area contributed by atoms with E-state index in [0.29, 0.717) is 19.3 Å². The summed E-state index contributed by atoms with van der Waals surface area (Å²) in [6.07, 6.45) is 79.3. The largest absolute Gasteiger partial charge is 0.462 e. The lowest BCUT2D eigenvalue weighted by Gasteiger charge is -2.18. The summed E-state index contributed by atoms with van der Waals surface area (Å²) >= 11 is 0. The molecule has 0 aliphatic carbocycles. The van der Waals surface area contributed by atoms with Gasteiger partial charge in [-0.15, -0.1) is 0 Å². The van der Waals surface area contributed by atoms with Crippen molar-refractivity contribution in [1.29, 1.82) is 0 Å². The van der Waals surface area contributed by atoms with Crippen LogP contribution in [0.3, 0.4) is 0 Å². The van der Waals surface area contributed by atoms with Crippen LogP contribution in [0.25, 0.3) is 0 Å². The third-order valence-electron chi connectivity index (χ3n) is 13.7. The van der Waals surface area contributed by atoms with Gasteiger partial charge in [0, 0.05) is 19.3 Å². The maximum absolute atomic E-state index is 12.8. The Balaban J connectivity index is 4.34. The second-order valence-corrected chi connectivity index (χ2v) is 21.0. The Kier molecular flexibility index (Phi) is 58.7. The first-order chi connectivity index (χ1) is 36.0. The van der Waals surface area contributed by atoms with Crippen LogP contribution in [-0.4, -0.2) is 37.2 Å². The van der Waals surface area contributed by atoms with Crippen LogP contribution in [0.1, 0.15) is 316 Å². The Morgan fingerprint density at radius 1 is 0.288 bits per heavy atom. The van der Waals surface area contributed by atoms with Gasteiger partial charge in [-0.25, -0.2) is 0 Å². The van der Waals surface area contributed by atoms with Crippen LogP contribution >= 0.6 is 0 Å². The van der Waals surface area contributed by atoms with Crippen LogP contribution < -0.4 is 0 Å². The first-order valence-corrected chi connectivity index (χ1v) is 31.4. The number of ether oxygens (including phenoxy) is 3. The van der Waals surface area contributed by atoms with Crippen molar-refractivity contribution in [3.63, 3.8) is 0 Å². The number of carbonyl (C=O) groups is 3. The van der Waals surface area contributed by atoms with Crippen LogP contribution in [-0.2, 0) is 28.6 Å². The van der Waals surface area contributed by atoms with E-state index in [4.69, 9.17) is 14.2 Å². The molecule has 0 N–H and O–H groups in total. The highest BCUT2D eigenvalue weighted by atomic mass is 16.6. The normalized spacial score (nSPS) is 12.5. The Morgan fingerprint density at radius 3 is 0.808 bits per heavy atom. The Morgan fingerprint density at radius 2 is 0.534 bits per heavy atom. The van der Waals surface area contributed by atoms with Crippen molar-refractivity contribution in [2.45, 2.75) is 322 Å². The minimum atomic E-state index is -0.813.